The summed E-state index contributed by atoms with van der Waals surface area (Å²) in [5.41, 5.74) is 3.27. The Bertz CT molecular complexity index is 1220. The summed E-state index contributed by atoms with van der Waals surface area (Å²) in [6, 6.07) is 14.4. The van der Waals surface area contributed by atoms with Crippen LogP contribution in [-0.2, 0) is 42.1 Å². The molecule has 1 aliphatic rings. The first-order valence-corrected chi connectivity index (χ1v) is 12.9. The fraction of sp³-hybridized carbons (Fsp3) is 0.217. The van der Waals surface area contributed by atoms with Crippen molar-refractivity contribution in [1.82, 2.24) is 4.90 Å². The summed E-state index contributed by atoms with van der Waals surface area (Å²) in [6.45, 7) is 2.11. The van der Waals surface area contributed by atoms with Crippen LogP contribution in [0.1, 0.15) is 27.1 Å². The molecule has 1 atom stereocenters. The topological polar surface area (TPSA) is 105 Å². The summed E-state index contributed by atoms with van der Waals surface area (Å²) in [5.74, 6) is -0.214. The number of carbonyl (C=O) groups excluding carboxylic acids is 1. The molecule has 1 amide bonds. The van der Waals surface area contributed by atoms with Crippen molar-refractivity contribution < 1.29 is 9.35 Å². The maximum absolute atomic E-state index is 12.6. The van der Waals surface area contributed by atoms with E-state index in [1.165, 1.54) is 11.3 Å². The minimum absolute atomic E-state index is 0.143. The van der Waals surface area contributed by atoms with Gasteiger partial charge in [0, 0.05) is 34.6 Å². The highest BCUT2D eigenvalue weighted by molar-refractivity contribution is 7.89. The molecule has 4 rings (SSSR count). The predicted molar refractivity (Wildman–Crippen MR) is 133 cm³/mol. The van der Waals surface area contributed by atoms with Crippen molar-refractivity contribution in [1.29, 1.82) is 5.26 Å². The van der Waals surface area contributed by atoms with E-state index in [-0.39, 0.29) is 12.3 Å². The molecule has 0 fully saturated rings. The van der Waals surface area contributed by atoms with Crippen molar-refractivity contribution in [2.45, 2.75) is 30.8 Å². The first-order valence-electron chi connectivity index (χ1n) is 10.1. The molecule has 6 nitrogen and oxygen atoms in total. The van der Waals surface area contributed by atoms with Gasteiger partial charge in [-0.25, -0.2) is 0 Å². The monoisotopic (exact) mass is 518 g/mol. The highest BCUT2D eigenvalue weighted by Crippen LogP contribution is 2.37. The third-order valence-corrected chi connectivity index (χ3v) is 7.90. The smallest absolute Gasteiger partial charge is 0.229 e. The third-order valence-electron chi connectivity index (χ3n) is 5.42. The van der Waals surface area contributed by atoms with Gasteiger partial charge < -0.3 is 9.87 Å². The Morgan fingerprint density at radius 2 is 2.03 bits per heavy atom. The SMILES string of the molecule is N#Cc1c(NC(=O)Cc2ccc([S+](N)[O-])cc2)sc2c1CCN(Cc1cc(Cl)ccc1Cl)C2. The maximum Gasteiger partial charge on any atom is 0.229 e. The van der Waals surface area contributed by atoms with E-state index in [9.17, 15) is 14.6 Å². The average Bonchev–Trinajstić information content (AvgIpc) is 3.12. The number of hydrogen-bond donors (Lipinski definition) is 2. The Kier molecular flexibility index (Phi) is 7.62. The summed E-state index contributed by atoms with van der Waals surface area (Å²) in [4.78, 5) is 16.4. The van der Waals surface area contributed by atoms with Crippen LogP contribution in [0.2, 0.25) is 10.0 Å². The molecule has 2 aromatic carbocycles. The predicted octanol–water partition coefficient (Wildman–Crippen LogP) is 4.65. The molecule has 33 heavy (non-hydrogen) atoms. The van der Waals surface area contributed by atoms with Crippen LogP contribution in [0.15, 0.2) is 47.4 Å². The lowest BCUT2D eigenvalue weighted by atomic mass is 10.0. The molecule has 0 saturated heterocycles. The number of nitrogens with two attached hydrogens (primary N) is 1. The minimum atomic E-state index is -1.55. The fourth-order valence-electron chi connectivity index (χ4n) is 3.80. The molecule has 3 aromatic rings. The third kappa shape index (κ3) is 5.70. The number of carbonyl (C=O) groups is 1. The first kappa shape index (κ1) is 24.0. The molecule has 3 N–H and O–H groups in total. The molecule has 1 unspecified atom stereocenters. The number of hydrogen-bond acceptors (Lipinski definition) is 6. The number of amides is 1. The number of halogens is 2. The number of nitrogens with one attached hydrogen (secondary N) is 1. The number of rotatable bonds is 6. The van der Waals surface area contributed by atoms with E-state index in [1.807, 2.05) is 6.07 Å². The van der Waals surface area contributed by atoms with Crippen LogP contribution in [0.4, 0.5) is 5.00 Å². The second-order valence-corrected chi connectivity index (χ2v) is 10.7. The van der Waals surface area contributed by atoms with Gasteiger partial charge >= 0.3 is 0 Å². The molecule has 0 radical (unpaired) electrons. The summed E-state index contributed by atoms with van der Waals surface area (Å²) in [5, 5.41) is 19.9. The molecule has 0 aliphatic carbocycles. The normalized spacial score (nSPS) is 14.4. The van der Waals surface area contributed by atoms with E-state index in [1.54, 1.807) is 36.4 Å². The second-order valence-electron chi connectivity index (χ2n) is 7.68. The lowest BCUT2D eigenvalue weighted by molar-refractivity contribution is -0.115. The zero-order valence-electron chi connectivity index (χ0n) is 17.4. The zero-order chi connectivity index (χ0) is 23.5. The van der Waals surface area contributed by atoms with Gasteiger partial charge in [0.2, 0.25) is 5.91 Å². The molecule has 0 bridgehead atoms. The highest BCUT2D eigenvalue weighted by atomic mass is 35.5. The molecule has 0 saturated carbocycles. The fourth-order valence-corrected chi connectivity index (χ4v) is 5.83. The Labute approximate surface area is 209 Å². The standard InChI is InChI=1S/C23H20Cl2N4O2S2/c24-16-3-6-20(25)15(10-16)12-29-8-7-18-19(11-26)23(32-21(18)13-29)28-22(30)9-14-1-4-17(5-2-14)33(27)31/h1-6,10H,7-9,12-13,27H2,(H,28,30). The van der Waals surface area contributed by atoms with Crippen LogP contribution < -0.4 is 10.5 Å². The molecule has 170 valence electrons. The first-order chi connectivity index (χ1) is 15.8. The number of thiophene rings is 1. The van der Waals surface area contributed by atoms with Gasteiger partial charge in [0.15, 0.2) is 4.90 Å². The van der Waals surface area contributed by atoms with E-state index in [0.717, 1.165) is 34.5 Å². The zero-order valence-corrected chi connectivity index (χ0v) is 20.6. The number of nitrogens with zero attached hydrogens (tertiary/aromatic N) is 2. The lowest BCUT2D eigenvalue weighted by Crippen LogP contribution is -2.29. The molecule has 0 spiro atoms. The largest absolute Gasteiger partial charge is 0.593 e. The molecular formula is C23H20Cl2N4O2S2. The van der Waals surface area contributed by atoms with Gasteiger partial charge in [0.1, 0.15) is 11.1 Å². The quantitative estimate of drug-likeness (QED) is 0.462. The number of anilines is 1. The second kappa shape index (κ2) is 10.5. The number of nitriles is 1. The van der Waals surface area contributed by atoms with E-state index < -0.39 is 11.4 Å². The number of fused-ring (bicyclic) bond motifs is 1. The lowest BCUT2D eigenvalue weighted by Gasteiger charge is -2.27. The van der Waals surface area contributed by atoms with Crippen molar-refractivity contribution in [3.63, 3.8) is 0 Å². The van der Waals surface area contributed by atoms with Crippen LogP contribution in [0.3, 0.4) is 0 Å². The Morgan fingerprint density at radius 3 is 2.73 bits per heavy atom. The molecule has 10 heteroatoms. The van der Waals surface area contributed by atoms with Gasteiger partial charge in [-0.15, -0.1) is 16.5 Å². The van der Waals surface area contributed by atoms with Crippen molar-refractivity contribution >= 4 is 56.8 Å². The van der Waals surface area contributed by atoms with Gasteiger partial charge in [0.05, 0.1) is 23.3 Å². The Hall–Kier alpha value is -2.09. The summed E-state index contributed by atoms with van der Waals surface area (Å²) in [7, 11) is 0. The van der Waals surface area contributed by atoms with E-state index in [2.05, 4.69) is 16.3 Å². The average molecular weight is 519 g/mol. The van der Waals surface area contributed by atoms with Crippen LogP contribution in [0, 0.1) is 11.3 Å². The summed E-state index contributed by atoms with van der Waals surface area (Å²) >= 11 is 12.3. The minimum Gasteiger partial charge on any atom is -0.593 e. The van der Waals surface area contributed by atoms with Crippen molar-refractivity contribution in [3.8, 4) is 6.07 Å². The molecule has 1 aliphatic heterocycles. The molecule has 2 heterocycles. The van der Waals surface area contributed by atoms with E-state index in [0.29, 0.717) is 38.6 Å². The van der Waals surface area contributed by atoms with Gasteiger partial charge in [-0.3, -0.25) is 9.69 Å². The van der Waals surface area contributed by atoms with Crippen LogP contribution in [-0.4, -0.2) is 21.9 Å². The van der Waals surface area contributed by atoms with Crippen LogP contribution in [0.5, 0.6) is 0 Å². The van der Waals surface area contributed by atoms with Gasteiger partial charge in [-0.05, 0) is 53.4 Å². The van der Waals surface area contributed by atoms with Crippen molar-refractivity contribution in [2.24, 2.45) is 5.14 Å². The molecule has 1 aromatic heterocycles. The summed E-state index contributed by atoms with van der Waals surface area (Å²) in [6.07, 6.45) is 0.866. The van der Waals surface area contributed by atoms with E-state index >= 15 is 0 Å². The van der Waals surface area contributed by atoms with Gasteiger partial charge in [-0.1, -0.05) is 35.3 Å². The van der Waals surface area contributed by atoms with Crippen LogP contribution in [0.25, 0.3) is 0 Å². The summed E-state index contributed by atoms with van der Waals surface area (Å²) < 4.78 is 11.3. The Balaban J connectivity index is 1.45. The van der Waals surface area contributed by atoms with Crippen LogP contribution >= 0.6 is 34.5 Å². The Morgan fingerprint density at radius 1 is 1.27 bits per heavy atom. The molecular weight excluding hydrogens is 499 g/mol. The maximum atomic E-state index is 12.6. The van der Waals surface area contributed by atoms with Crippen molar-refractivity contribution in [3.05, 3.63) is 79.6 Å². The highest BCUT2D eigenvalue weighted by Gasteiger charge is 2.25. The van der Waals surface area contributed by atoms with Gasteiger partial charge in [-0.2, -0.15) is 5.26 Å². The van der Waals surface area contributed by atoms with Crippen molar-refractivity contribution in [2.75, 3.05) is 11.9 Å². The van der Waals surface area contributed by atoms with E-state index in [4.69, 9.17) is 28.3 Å². The van der Waals surface area contributed by atoms with Gasteiger partial charge in [0.25, 0.3) is 0 Å². The number of benzene rings is 2.